The van der Waals surface area contributed by atoms with Crippen LogP contribution in [0, 0.1) is 5.92 Å². The zero-order valence-electron chi connectivity index (χ0n) is 17.3. The minimum atomic E-state index is -3.61. The highest BCUT2D eigenvalue weighted by Gasteiger charge is 2.28. The van der Waals surface area contributed by atoms with E-state index in [2.05, 4.69) is 17.6 Å². The third-order valence-electron chi connectivity index (χ3n) is 5.68. The molecule has 0 radical (unpaired) electrons. The molecule has 2 N–H and O–H groups in total. The topological polar surface area (TPSA) is 87.7 Å². The first-order valence-electron chi connectivity index (χ1n) is 10.8. The van der Waals surface area contributed by atoms with Crippen LogP contribution in [0.1, 0.15) is 51.9 Å². The van der Waals surface area contributed by atoms with Crippen molar-refractivity contribution in [3.05, 3.63) is 18.2 Å². The van der Waals surface area contributed by atoms with Crippen LogP contribution in [-0.2, 0) is 19.6 Å². The summed E-state index contributed by atoms with van der Waals surface area (Å²) in [6, 6.07) is 4.98. The zero-order valence-corrected chi connectivity index (χ0v) is 18.1. The van der Waals surface area contributed by atoms with Gasteiger partial charge in [-0.15, -0.1) is 0 Å². The number of morpholine rings is 1. The quantitative estimate of drug-likeness (QED) is 0.626. The Balaban J connectivity index is 1.83. The lowest BCUT2D eigenvalue weighted by molar-refractivity contribution is -0.120. The van der Waals surface area contributed by atoms with Crippen molar-refractivity contribution >= 4 is 27.3 Å². The van der Waals surface area contributed by atoms with Crippen LogP contribution in [0.5, 0.6) is 0 Å². The molecule has 8 heteroatoms. The molecule has 2 fully saturated rings. The van der Waals surface area contributed by atoms with E-state index in [1.54, 1.807) is 18.2 Å². The molecule has 1 heterocycles. The Morgan fingerprint density at radius 3 is 2.55 bits per heavy atom. The normalized spacial score (nSPS) is 19.1. The molecule has 1 saturated heterocycles. The predicted octanol–water partition coefficient (Wildman–Crippen LogP) is 3.44. The van der Waals surface area contributed by atoms with Gasteiger partial charge in [0.1, 0.15) is 0 Å². The summed E-state index contributed by atoms with van der Waals surface area (Å²) in [4.78, 5) is 13.0. The number of amides is 1. The summed E-state index contributed by atoms with van der Waals surface area (Å²) in [6.45, 7) is 4.40. The molecule has 2 aliphatic rings. The molecule has 0 aromatic heterocycles. The monoisotopic (exact) mass is 423 g/mol. The lowest BCUT2D eigenvalue weighted by Crippen LogP contribution is -2.40. The van der Waals surface area contributed by atoms with Crippen LogP contribution in [0.4, 0.5) is 11.4 Å². The molecule has 0 unspecified atom stereocenters. The van der Waals surface area contributed by atoms with Gasteiger partial charge < -0.3 is 15.4 Å². The van der Waals surface area contributed by atoms with Gasteiger partial charge in [0.25, 0.3) is 0 Å². The van der Waals surface area contributed by atoms with E-state index >= 15 is 0 Å². The summed E-state index contributed by atoms with van der Waals surface area (Å²) >= 11 is 0. The minimum Gasteiger partial charge on any atom is -0.383 e. The van der Waals surface area contributed by atoms with Crippen LogP contribution in [0.2, 0.25) is 0 Å². The molecular formula is C21H33N3O4S. The van der Waals surface area contributed by atoms with Gasteiger partial charge in [-0.05, 0) is 37.5 Å². The van der Waals surface area contributed by atoms with E-state index in [0.29, 0.717) is 32.0 Å². The van der Waals surface area contributed by atoms with Crippen molar-refractivity contribution in [2.24, 2.45) is 5.92 Å². The van der Waals surface area contributed by atoms with Gasteiger partial charge >= 0.3 is 0 Å². The van der Waals surface area contributed by atoms with Crippen LogP contribution >= 0.6 is 0 Å². The fourth-order valence-electron chi connectivity index (χ4n) is 3.88. The number of sulfonamides is 1. The molecular weight excluding hydrogens is 390 g/mol. The second-order valence-corrected chi connectivity index (χ2v) is 9.77. The predicted molar refractivity (Wildman–Crippen MR) is 115 cm³/mol. The summed E-state index contributed by atoms with van der Waals surface area (Å²) in [5.74, 6) is -0.00379. The third-order valence-corrected chi connectivity index (χ3v) is 7.57. The maximum absolute atomic E-state index is 13.0. The van der Waals surface area contributed by atoms with Gasteiger partial charge in [-0.1, -0.05) is 32.6 Å². The Labute approximate surface area is 174 Å². The standard InChI is InChI=1S/C21H33N3O4S/c1-2-3-11-22-19-10-9-18(29(26,27)24-12-14-28-15-13-24)16-20(19)23-21(25)17-7-5-4-6-8-17/h9-10,16-17,22H,2-8,11-15H2,1H3,(H,23,25). The lowest BCUT2D eigenvalue weighted by atomic mass is 9.88. The maximum atomic E-state index is 13.0. The van der Waals surface area contributed by atoms with Crippen molar-refractivity contribution in [3.8, 4) is 0 Å². The molecule has 0 bridgehead atoms. The fourth-order valence-corrected chi connectivity index (χ4v) is 5.31. The number of nitrogens with zero attached hydrogens (tertiary/aromatic N) is 1. The molecule has 1 saturated carbocycles. The molecule has 1 aliphatic carbocycles. The smallest absolute Gasteiger partial charge is 0.243 e. The summed E-state index contributed by atoms with van der Waals surface area (Å²) in [5, 5.41) is 6.35. The molecule has 7 nitrogen and oxygen atoms in total. The molecule has 162 valence electrons. The first-order valence-corrected chi connectivity index (χ1v) is 12.2. The van der Waals surface area contributed by atoms with Crippen molar-refractivity contribution in [2.75, 3.05) is 43.5 Å². The van der Waals surface area contributed by atoms with E-state index in [1.807, 2.05) is 0 Å². The average Bonchev–Trinajstić information content (AvgIpc) is 2.76. The minimum absolute atomic E-state index is 0.00625. The van der Waals surface area contributed by atoms with Crippen molar-refractivity contribution < 1.29 is 17.9 Å². The van der Waals surface area contributed by atoms with Crippen molar-refractivity contribution in [3.63, 3.8) is 0 Å². The zero-order chi connectivity index (χ0) is 20.7. The first-order chi connectivity index (χ1) is 14.0. The summed E-state index contributed by atoms with van der Waals surface area (Å²) in [7, 11) is -3.61. The van der Waals surface area contributed by atoms with E-state index in [1.165, 1.54) is 10.7 Å². The summed E-state index contributed by atoms with van der Waals surface area (Å²) in [6.07, 6.45) is 7.19. The van der Waals surface area contributed by atoms with Gasteiger partial charge in [0, 0.05) is 25.6 Å². The van der Waals surface area contributed by atoms with E-state index < -0.39 is 10.0 Å². The van der Waals surface area contributed by atoms with Crippen LogP contribution in [-0.4, -0.2) is 51.5 Å². The molecule has 1 amide bonds. The summed E-state index contributed by atoms with van der Waals surface area (Å²) < 4.78 is 32.8. The van der Waals surface area contributed by atoms with E-state index in [4.69, 9.17) is 4.74 Å². The van der Waals surface area contributed by atoms with Crippen LogP contribution in [0.3, 0.4) is 0 Å². The highest BCUT2D eigenvalue weighted by molar-refractivity contribution is 7.89. The second kappa shape index (κ2) is 10.4. The van der Waals surface area contributed by atoms with E-state index in [0.717, 1.165) is 50.8 Å². The van der Waals surface area contributed by atoms with Crippen LogP contribution < -0.4 is 10.6 Å². The number of ether oxygens (including phenoxy) is 1. The number of hydrogen-bond acceptors (Lipinski definition) is 5. The third kappa shape index (κ3) is 5.71. The number of anilines is 2. The second-order valence-electron chi connectivity index (χ2n) is 7.83. The SMILES string of the molecule is CCCCNc1ccc(S(=O)(=O)N2CCOCC2)cc1NC(=O)C1CCCCC1. The molecule has 0 spiro atoms. The highest BCUT2D eigenvalue weighted by atomic mass is 32.2. The molecule has 29 heavy (non-hydrogen) atoms. The van der Waals surface area contributed by atoms with Gasteiger partial charge in [0.05, 0.1) is 29.5 Å². The number of carbonyl (C=O) groups excluding carboxylic acids is 1. The Morgan fingerprint density at radius 1 is 1.14 bits per heavy atom. The number of unbranched alkanes of at least 4 members (excludes halogenated alkanes) is 1. The Hall–Kier alpha value is -1.64. The maximum Gasteiger partial charge on any atom is 0.243 e. The van der Waals surface area contributed by atoms with Gasteiger partial charge in [0.2, 0.25) is 15.9 Å². The number of hydrogen-bond donors (Lipinski definition) is 2. The molecule has 1 aliphatic heterocycles. The highest BCUT2D eigenvalue weighted by Crippen LogP contribution is 2.30. The lowest BCUT2D eigenvalue weighted by Gasteiger charge is -2.27. The van der Waals surface area contributed by atoms with Gasteiger partial charge in [-0.3, -0.25) is 4.79 Å². The molecule has 3 rings (SSSR count). The average molecular weight is 424 g/mol. The van der Waals surface area contributed by atoms with Gasteiger partial charge in [-0.2, -0.15) is 4.31 Å². The van der Waals surface area contributed by atoms with E-state index in [-0.39, 0.29) is 16.7 Å². The molecule has 1 aromatic carbocycles. The molecule has 0 atom stereocenters. The van der Waals surface area contributed by atoms with Gasteiger partial charge in [0.15, 0.2) is 0 Å². The van der Waals surface area contributed by atoms with Crippen molar-refractivity contribution in [1.29, 1.82) is 0 Å². The number of rotatable bonds is 8. The van der Waals surface area contributed by atoms with Crippen LogP contribution in [0.25, 0.3) is 0 Å². The van der Waals surface area contributed by atoms with Crippen LogP contribution in [0.15, 0.2) is 23.1 Å². The Morgan fingerprint density at radius 2 is 1.86 bits per heavy atom. The van der Waals surface area contributed by atoms with Gasteiger partial charge in [-0.25, -0.2) is 8.42 Å². The first kappa shape index (κ1) is 22.1. The summed E-state index contributed by atoms with van der Waals surface area (Å²) in [5.41, 5.74) is 1.31. The Bertz CT molecular complexity index is 785. The number of nitrogens with one attached hydrogen (secondary N) is 2. The molecule has 1 aromatic rings. The van der Waals surface area contributed by atoms with Crippen molar-refractivity contribution in [1.82, 2.24) is 4.31 Å². The van der Waals surface area contributed by atoms with E-state index in [9.17, 15) is 13.2 Å². The number of carbonyl (C=O) groups is 1. The largest absolute Gasteiger partial charge is 0.383 e. The Kier molecular flexibility index (Phi) is 7.91. The van der Waals surface area contributed by atoms with Crippen molar-refractivity contribution in [2.45, 2.75) is 56.8 Å². The fraction of sp³-hybridized carbons (Fsp3) is 0.667. The number of benzene rings is 1.